The molecule has 0 bridgehead atoms. The third kappa shape index (κ3) is 1.56. The first-order chi connectivity index (χ1) is 6.61. The molecule has 72 valence electrons. The van der Waals surface area contributed by atoms with Crippen molar-refractivity contribution in [2.24, 2.45) is 0 Å². The van der Waals surface area contributed by atoms with Crippen LogP contribution in [0.5, 0.6) is 0 Å². The summed E-state index contributed by atoms with van der Waals surface area (Å²) >= 11 is 3.09. The monoisotopic (exact) mass is 322 g/mol. The molecule has 2 nitrogen and oxygen atoms in total. The fourth-order valence-corrected chi connectivity index (χ4v) is 3.16. The highest BCUT2D eigenvalue weighted by atomic mass is 127. The molecule has 14 heavy (non-hydrogen) atoms. The second-order valence-electron chi connectivity index (χ2n) is 2.77. The molecular weight excluding hydrogens is 317 g/mol. The van der Waals surface area contributed by atoms with E-state index in [0.29, 0.717) is 5.39 Å². The van der Waals surface area contributed by atoms with E-state index < -0.39 is 12.9 Å². The van der Waals surface area contributed by atoms with Crippen molar-refractivity contribution < 1.29 is 14.4 Å². The molecular formula is C8H5BFIO2S. The van der Waals surface area contributed by atoms with Gasteiger partial charge in [0.25, 0.3) is 0 Å². The fraction of sp³-hybridized carbons (Fsp3) is 0. The van der Waals surface area contributed by atoms with Crippen molar-refractivity contribution in [2.75, 3.05) is 0 Å². The van der Waals surface area contributed by atoms with Crippen LogP contribution in [0.2, 0.25) is 0 Å². The summed E-state index contributed by atoms with van der Waals surface area (Å²) in [5, 5.41) is 18.3. The molecule has 1 heterocycles. The van der Waals surface area contributed by atoms with Gasteiger partial charge in [0, 0.05) is 13.7 Å². The average molecular weight is 322 g/mol. The maximum atomic E-state index is 13.6. The van der Waals surface area contributed by atoms with Crippen molar-refractivity contribution in [1.29, 1.82) is 0 Å². The largest absolute Gasteiger partial charge is 0.502 e. The van der Waals surface area contributed by atoms with E-state index in [2.05, 4.69) is 0 Å². The van der Waals surface area contributed by atoms with E-state index in [-0.39, 0.29) is 4.78 Å². The molecule has 0 unspecified atom stereocenters. The Morgan fingerprint density at radius 2 is 2.07 bits per heavy atom. The van der Waals surface area contributed by atoms with E-state index in [4.69, 9.17) is 10.0 Å². The molecule has 0 aliphatic rings. The number of halogens is 2. The molecule has 2 N–H and O–H groups in total. The summed E-state index contributed by atoms with van der Waals surface area (Å²) < 4.78 is 15.1. The fourth-order valence-electron chi connectivity index (χ4n) is 1.25. The van der Waals surface area contributed by atoms with E-state index in [1.165, 1.54) is 0 Å². The van der Waals surface area contributed by atoms with Crippen molar-refractivity contribution in [2.45, 2.75) is 0 Å². The van der Waals surface area contributed by atoms with Crippen LogP contribution in [-0.2, 0) is 0 Å². The lowest BCUT2D eigenvalue weighted by atomic mass is 9.89. The highest BCUT2D eigenvalue weighted by Gasteiger charge is 2.23. The predicted octanol–water partition coefficient (Wildman–Crippen LogP) is 1.32. The number of hydrogen-bond donors (Lipinski definition) is 2. The third-order valence-electron chi connectivity index (χ3n) is 1.87. The van der Waals surface area contributed by atoms with Crippen molar-refractivity contribution in [3.05, 3.63) is 27.6 Å². The number of rotatable bonds is 1. The maximum absolute atomic E-state index is 13.6. The zero-order chi connectivity index (χ0) is 10.3. The highest BCUT2D eigenvalue weighted by Crippen LogP contribution is 2.27. The predicted molar refractivity (Wildman–Crippen MR) is 64.3 cm³/mol. The molecule has 0 amide bonds. The SMILES string of the molecule is OB(O)c1sc2cccc(I)c2c1F. The smallest absolute Gasteiger partial charge is 0.423 e. The van der Waals surface area contributed by atoms with Gasteiger partial charge in [0.05, 0.1) is 4.78 Å². The third-order valence-corrected chi connectivity index (χ3v) is 3.93. The van der Waals surface area contributed by atoms with E-state index in [1.807, 2.05) is 28.7 Å². The standard InChI is InChI=1S/C8H5BFIO2S/c10-7-6-4(11)2-1-3-5(6)14-8(7)9(12)13/h1-3,12-13H. The molecule has 0 saturated carbocycles. The van der Waals surface area contributed by atoms with Gasteiger partial charge in [-0.25, -0.2) is 4.39 Å². The molecule has 6 heteroatoms. The summed E-state index contributed by atoms with van der Waals surface area (Å²) in [5.41, 5.74) is 0. The van der Waals surface area contributed by atoms with Crippen LogP contribution < -0.4 is 4.78 Å². The van der Waals surface area contributed by atoms with Gasteiger partial charge in [-0.15, -0.1) is 11.3 Å². The van der Waals surface area contributed by atoms with E-state index in [1.54, 1.807) is 12.1 Å². The average Bonchev–Trinajstić information content (AvgIpc) is 2.45. The lowest BCUT2D eigenvalue weighted by Gasteiger charge is -1.93. The number of fused-ring (bicyclic) bond motifs is 1. The normalized spacial score (nSPS) is 10.9. The minimum atomic E-state index is -1.73. The van der Waals surface area contributed by atoms with Gasteiger partial charge >= 0.3 is 7.12 Å². The first kappa shape index (κ1) is 10.3. The van der Waals surface area contributed by atoms with E-state index in [0.717, 1.165) is 19.6 Å². The first-order valence-electron chi connectivity index (χ1n) is 3.84. The minimum Gasteiger partial charge on any atom is -0.423 e. The summed E-state index contributed by atoms with van der Waals surface area (Å²) in [5.74, 6) is -0.523. The molecule has 2 rings (SSSR count). The van der Waals surface area contributed by atoms with Gasteiger partial charge in [0.2, 0.25) is 0 Å². The Morgan fingerprint density at radius 1 is 1.36 bits per heavy atom. The summed E-state index contributed by atoms with van der Waals surface area (Å²) in [6, 6.07) is 5.36. The molecule has 0 spiro atoms. The summed E-state index contributed by atoms with van der Waals surface area (Å²) in [6.45, 7) is 0. The molecule has 0 saturated heterocycles. The van der Waals surface area contributed by atoms with Gasteiger partial charge in [0.1, 0.15) is 5.82 Å². The van der Waals surface area contributed by atoms with Gasteiger partial charge in [-0.2, -0.15) is 0 Å². The highest BCUT2D eigenvalue weighted by molar-refractivity contribution is 14.1. The van der Waals surface area contributed by atoms with Gasteiger partial charge < -0.3 is 10.0 Å². The lowest BCUT2D eigenvalue weighted by Crippen LogP contribution is -2.29. The van der Waals surface area contributed by atoms with E-state index in [9.17, 15) is 4.39 Å². The lowest BCUT2D eigenvalue weighted by molar-refractivity contribution is 0.424. The van der Waals surface area contributed by atoms with Gasteiger partial charge in [-0.05, 0) is 34.7 Å². The summed E-state index contributed by atoms with van der Waals surface area (Å²) in [7, 11) is -1.73. The molecule has 1 aromatic carbocycles. The Bertz CT molecular complexity index is 485. The summed E-state index contributed by atoms with van der Waals surface area (Å²) in [6.07, 6.45) is 0. The van der Waals surface area contributed by atoms with Crippen LogP contribution in [0.25, 0.3) is 10.1 Å². The Labute approximate surface area is 97.7 Å². The Morgan fingerprint density at radius 3 is 2.64 bits per heavy atom. The van der Waals surface area contributed by atoms with Crippen LogP contribution >= 0.6 is 33.9 Å². The van der Waals surface area contributed by atoms with E-state index >= 15 is 0 Å². The van der Waals surface area contributed by atoms with Crippen LogP contribution in [0.3, 0.4) is 0 Å². The molecule has 0 fully saturated rings. The summed E-state index contributed by atoms with van der Waals surface area (Å²) in [4.78, 5) is 0. The van der Waals surface area contributed by atoms with Crippen molar-refractivity contribution >= 4 is 55.9 Å². The number of hydrogen-bond acceptors (Lipinski definition) is 3. The first-order valence-corrected chi connectivity index (χ1v) is 5.73. The van der Waals surface area contributed by atoms with Crippen molar-refractivity contribution in [3.63, 3.8) is 0 Å². The minimum absolute atomic E-state index is 0.0240. The Balaban J connectivity index is 2.81. The van der Waals surface area contributed by atoms with Crippen molar-refractivity contribution in [1.82, 2.24) is 0 Å². The molecule has 0 radical (unpaired) electrons. The molecule has 0 atom stereocenters. The number of thiophene rings is 1. The second kappa shape index (κ2) is 3.76. The van der Waals surface area contributed by atoms with Gasteiger partial charge in [0.15, 0.2) is 0 Å². The second-order valence-corrected chi connectivity index (χ2v) is 5.01. The zero-order valence-electron chi connectivity index (χ0n) is 6.87. The molecule has 0 aliphatic carbocycles. The quantitative estimate of drug-likeness (QED) is 0.614. The molecule has 0 aliphatic heterocycles. The topological polar surface area (TPSA) is 40.5 Å². The molecule has 2 aromatic rings. The van der Waals surface area contributed by atoms with Crippen molar-refractivity contribution in [3.8, 4) is 0 Å². The van der Waals surface area contributed by atoms with Crippen LogP contribution in [0, 0.1) is 9.39 Å². The Hall–Kier alpha value is -0.175. The van der Waals surface area contributed by atoms with Gasteiger partial charge in [-0.3, -0.25) is 0 Å². The van der Waals surface area contributed by atoms with Crippen LogP contribution in [0.1, 0.15) is 0 Å². The maximum Gasteiger partial charge on any atom is 0.502 e. The zero-order valence-corrected chi connectivity index (χ0v) is 9.84. The Kier molecular flexibility index (Phi) is 2.78. The van der Waals surface area contributed by atoms with Crippen LogP contribution in [0.4, 0.5) is 4.39 Å². The number of benzene rings is 1. The van der Waals surface area contributed by atoms with Gasteiger partial charge in [-0.1, -0.05) is 6.07 Å². The van der Waals surface area contributed by atoms with Crippen LogP contribution in [-0.4, -0.2) is 17.2 Å². The van der Waals surface area contributed by atoms with Crippen LogP contribution in [0.15, 0.2) is 18.2 Å². The molecule has 1 aromatic heterocycles.